The maximum absolute atomic E-state index is 12.2. The zero-order valence-electron chi connectivity index (χ0n) is 20.5. The molecule has 1 fully saturated rings. The van der Waals surface area contributed by atoms with E-state index in [-0.39, 0.29) is 17.5 Å². The molecule has 0 atom stereocenters. The monoisotopic (exact) mass is 515 g/mol. The Hall–Kier alpha value is -4.97. The number of ether oxygens (including phenoxy) is 3. The summed E-state index contributed by atoms with van der Waals surface area (Å²) in [4.78, 5) is 27.8. The van der Waals surface area contributed by atoms with Gasteiger partial charge >= 0.3 is 5.97 Å². The minimum absolute atomic E-state index is 0.0943. The highest BCUT2D eigenvalue weighted by Gasteiger charge is 2.17. The largest absolute Gasteiger partial charge is 0.493 e. The van der Waals surface area contributed by atoms with Gasteiger partial charge in [0.05, 0.1) is 32.8 Å². The van der Waals surface area contributed by atoms with Gasteiger partial charge in [-0.2, -0.15) is 20.1 Å². The number of methoxy groups -OCH3 is 1. The van der Waals surface area contributed by atoms with Gasteiger partial charge in [-0.3, -0.25) is 0 Å². The van der Waals surface area contributed by atoms with Gasteiger partial charge in [-0.1, -0.05) is 18.2 Å². The van der Waals surface area contributed by atoms with Crippen LogP contribution in [0.1, 0.15) is 16.1 Å². The Morgan fingerprint density at radius 2 is 1.82 bits per heavy atom. The van der Waals surface area contributed by atoms with Gasteiger partial charge in [0.15, 0.2) is 11.5 Å². The minimum atomic E-state index is -0.623. The number of hydrogen-bond donors (Lipinski definition) is 2. The number of benzene rings is 2. The number of esters is 1. The maximum atomic E-state index is 12.2. The molecule has 3 heterocycles. The van der Waals surface area contributed by atoms with Crippen LogP contribution in [0.25, 0.3) is 0 Å². The first-order chi connectivity index (χ1) is 18.7. The van der Waals surface area contributed by atoms with Crippen molar-refractivity contribution in [3.05, 3.63) is 78.3 Å². The van der Waals surface area contributed by atoms with Gasteiger partial charge in [0, 0.05) is 18.8 Å². The second kappa shape index (κ2) is 11.8. The van der Waals surface area contributed by atoms with Crippen LogP contribution in [0.2, 0.25) is 0 Å². The smallest absolute Gasteiger partial charge is 0.379 e. The molecule has 0 amide bonds. The van der Waals surface area contributed by atoms with Gasteiger partial charge in [-0.25, -0.2) is 10.2 Å². The number of carbonyl (C=O) groups excluding carboxylic acids is 1. The van der Waals surface area contributed by atoms with Crippen LogP contribution in [0.5, 0.6) is 11.5 Å². The van der Waals surface area contributed by atoms with E-state index in [1.807, 2.05) is 35.2 Å². The maximum Gasteiger partial charge on any atom is 0.379 e. The number of nitrogens with one attached hydrogen (secondary N) is 2. The SMILES string of the molecule is COc1cc(C=NNc2nc(Nc3ccccc3)nc(N3CCOCC3)n2)ccc1OC(=O)c1ccco1. The number of aromatic nitrogens is 3. The van der Waals surface area contributed by atoms with E-state index in [0.717, 1.165) is 5.69 Å². The third kappa shape index (κ3) is 6.23. The first-order valence-electron chi connectivity index (χ1n) is 11.8. The quantitative estimate of drug-likeness (QED) is 0.146. The molecule has 194 valence electrons. The molecule has 0 saturated carbocycles. The van der Waals surface area contributed by atoms with Crippen LogP contribution in [0.3, 0.4) is 0 Å². The molecular weight excluding hydrogens is 490 g/mol. The van der Waals surface area contributed by atoms with E-state index < -0.39 is 5.97 Å². The number of anilines is 4. The van der Waals surface area contributed by atoms with Crippen LogP contribution >= 0.6 is 0 Å². The van der Waals surface area contributed by atoms with Crippen molar-refractivity contribution in [3.63, 3.8) is 0 Å². The van der Waals surface area contributed by atoms with Crippen molar-refractivity contribution in [3.8, 4) is 11.5 Å². The van der Waals surface area contributed by atoms with Crippen molar-refractivity contribution >= 4 is 35.7 Å². The van der Waals surface area contributed by atoms with Crippen LogP contribution in [0.15, 0.2) is 76.4 Å². The van der Waals surface area contributed by atoms with Crippen molar-refractivity contribution in [1.29, 1.82) is 0 Å². The Bertz CT molecular complexity index is 1390. The summed E-state index contributed by atoms with van der Waals surface area (Å²) in [5, 5.41) is 7.48. The number of para-hydroxylation sites is 1. The Morgan fingerprint density at radius 1 is 1.00 bits per heavy atom. The molecular formula is C26H25N7O5. The average molecular weight is 516 g/mol. The lowest BCUT2D eigenvalue weighted by Crippen LogP contribution is -2.37. The van der Waals surface area contributed by atoms with Gasteiger partial charge < -0.3 is 28.8 Å². The van der Waals surface area contributed by atoms with Crippen LogP contribution in [0.4, 0.5) is 23.5 Å². The Balaban J connectivity index is 1.31. The topological polar surface area (TPSA) is 136 Å². The fourth-order valence-electron chi connectivity index (χ4n) is 3.58. The predicted octanol–water partition coefficient (Wildman–Crippen LogP) is 3.72. The number of rotatable bonds is 9. The summed E-state index contributed by atoms with van der Waals surface area (Å²) >= 11 is 0. The van der Waals surface area contributed by atoms with Gasteiger partial charge in [-0.05, 0) is 48.0 Å². The molecule has 2 aromatic carbocycles. The second-order valence-electron chi connectivity index (χ2n) is 8.02. The molecule has 5 rings (SSSR count). The molecule has 2 N–H and O–H groups in total. The van der Waals surface area contributed by atoms with Crippen LogP contribution in [-0.4, -0.2) is 60.5 Å². The van der Waals surface area contributed by atoms with E-state index in [4.69, 9.17) is 18.6 Å². The first kappa shape index (κ1) is 24.7. The first-order valence-corrected chi connectivity index (χ1v) is 11.8. The van der Waals surface area contributed by atoms with Crippen molar-refractivity contribution in [2.45, 2.75) is 0 Å². The number of morpholine rings is 1. The Kier molecular flexibility index (Phi) is 7.70. The third-order valence-corrected chi connectivity index (χ3v) is 5.44. The fraction of sp³-hybridized carbons (Fsp3) is 0.192. The summed E-state index contributed by atoms with van der Waals surface area (Å²) in [5.41, 5.74) is 4.41. The van der Waals surface area contributed by atoms with E-state index in [9.17, 15) is 4.79 Å². The van der Waals surface area contributed by atoms with E-state index in [0.29, 0.717) is 49.5 Å². The van der Waals surface area contributed by atoms with Gasteiger partial charge in [0.2, 0.25) is 23.6 Å². The molecule has 1 aliphatic heterocycles. The second-order valence-corrected chi connectivity index (χ2v) is 8.02. The standard InChI is InChI=1S/C26H25N7O5/c1-35-22-16-18(9-10-20(22)38-23(34)21-8-5-13-37-21)17-27-32-25-29-24(28-19-6-3-2-4-7-19)30-26(31-25)33-11-14-36-15-12-33/h2-10,13,16-17H,11-12,14-15H2,1H3,(H2,28,29,30,31,32). The van der Waals surface area contributed by atoms with Crippen molar-refractivity contribution < 1.29 is 23.4 Å². The molecule has 2 aromatic heterocycles. The summed E-state index contributed by atoms with van der Waals surface area (Å²) in [7, 11) is 1.48. The zero-order valence-corrected chi connectivity index (χ0v) is 20.5. The molecule has 0 bridgehead atoms. The molecule has 0 radical (unpaired) electrons. The Morgan fingerprint density at radius 3 is 2.58 bits per heavy atom. The minimum Gasteiger partial charge on any atom is -0.493 e. The van der Waals surface area contributed by atoms with Crippen LogP contribution in [-0.2, 0) is 4.74 Å². The molecule has 0 unspecified atom stereocenters. The number of carbonyl (C=O) groups is 1. The summed E-state index contributed by atoms with van der Waals surface area (Å²) in [6, 6.07) is 17.8. The Labute approximate surface area is 218 Å². The molecule has 0 aliphatic carbocycles. The molecule has 4 aromatic rings. The van der Waals surface area contributed by atoms with Gasteiger partial charge in [0.25, 0.3) is 0 Å². The van der Waals surface area contributed by atoms with Crippen molar-refractivity contribution in [2.24, 2.45) is 5.10 Å². The number of hydrazone groups is 1. The van der Waals surface area contributed by atoms with E-state index in [2.05, 4.69) is 30.8 Å². The number of nitrogens with zero attached hydrogens (tertiary/aromatic N) is 5. The zero-order chi connectivity index (χ0) is 26.2. The average Bonchev–Trinajstić information content (AvgIpc) is 3.50. The number of furan rings is 1. The van der Waals surface area contributed by atoms with Gasteiger partial charge in [0.1, 0.15) is 0 Å². The predicted molar refractivity (Wildman–Crippen MR) is 140 cm³/mol. The van der Waals surface area contributed by atoms with E-state index >= 15 is 0 Å². The highest BCUT2D eigenvalue weighted by atomic mass is 16.6. The normalized spacial score (nSPS) is 13.3. The highest BCUT2D eigenvalue weighted by Crippen LogP contribution is 2.28. The fourth-order valence-corrected chi connectivity index (χ4v) is 3.58. The molecule has 1 saturated heterocycles. The summed E-state index contributed by atoms with van der Waals surface area (Å²) in [5.74, 6) is 1.26. The molecule has 0 spiro atoms. The molecule has 12 heteroatoms. The van der Waals surface area contributed by atoms with E-state index in [1.54, 1.807) is 30.5 Å². The highest BCUT2D eigenvalue weighted by molar-refractivity contribution is 5.89. The lowest BCUT2D eigenvalue weighted by molar-refractivity contribution is 0.0696. The molecule has 38 heavy (non-hydrogen) atoms. The summed E-state index contributed by atoms with van der Waals surface area (Å²) in [6.07, 6.45) is 2.97. The lowest BCUT2D eigenvalue weighted by atomic mass is 10.2. The van der Waals surface area contributed by atoms with E-state index in [1.165, 1.54) is 19.4 Å². The number of hydrogen-bond acceptors (Lipinski definition) is 12. The van der Waals surface area contributed by atoms with Crippen LogP contribution in [0, 0.1) is 0 Å². The summed E-state index contributed by atoms with van der Waals surface area (Å²) in [6.45, 7) is 2.55. The molecule has 12 nitrogen and oxygen atoms in total. The third-order valence-electron chi connectivity index (χ3n) is 5.44. The van der Waals surface area contributed by atoms with Crippen LogP contribution < -0.4 is 25.1 Å². The molecule has 1 aliphatic rings. The van der Waals surface area contributed by atoms with Crippen molar-refractivity contribution in [2.75, 3.05) is 49.1 Å². The summed E-state index contributed by atoms with van der Waals surface area (Å²) < 4.78 is 21.3. The lowest BCUT2D eigenvalue weighted by Gasteiger charge is -2.27. The van der Waals surface area contributed by atoms with Crippen molar-refractivity contribution in [1.82, 2.24) is 15.0 Å². The van der Waals surface area contributed by atoms with Gasteiger partial charge in [-0.15, -0.1) is 0 Å².